The maximum absolute atomic E-state index is 13.5. The van der Waals surface area contributed by atoms with E-state index in [0.29, 0.717) is 18.0 Å². The van der Waals surface area contributed by atoms with Gasteiger partial charge >= 0.3 is 0 Å². The highest BCUT2D eigenvalue weighted by Gasteiger charge is 2.21. The number of nitrogens with zero attached hydrogens (tertiary/aromatic N) is 4. The number of rotatable bonds is 9. The van der Waals surface area contributed by atoms with Crippen LogP contribution in [0.1, 0.15) is 23.1 Å². The lowest BCUT2D eigenvalue weighted by Gasteiger charge is -2.20. The zero-order valence-corrected chi connectivity index (χ0v) is 21.4. The van der Waals surface area contributed by atoms with E-state index in [4.69, 9.17) is 14.5 Å². The first-order valence-electron chi connectivity index (χ1n) is 10.8. The SMILES string of the molecule is COc1ccc(CC(=O)N(CCCn2ccnc2)c2nc3c(C)c(C)ccc3s2)cc1OC.Cl. The standard InChI is InChI=1S/C25H28N4O3S.ClH/c1-17-6-9-22-24(18(17)2)27-25(33-22)29(12-5-11-28-13-10-26-16-28)23(30)15-19-7-8-20(31-3)21(14-19)32-4;/h6-10,13-14,16H,5,11-12,15H2,1-4H3;1H. The highest BCUT2D eigenvalue weighted by molar-refractivity contribution is 7.22. The number of hydrogen-bond acceptors (Lipinski definition) is 6. The van der Waals surface area contributed by atoms with Crippen LogP contribution in [-0.4, -0.2) is 41.2 Å². The van der Waals surface area contributed by atoms with Gasteiger partial charge in [-0.25, -0.2) is 9.97 Å². The molecule has 2 aromatic heterocycles. The Labute approximate surface area is 209 Å². The van der Waals surface area contributed by atoms with E-state index < -0.39 is 0 Å². The number of methoxy groups -OCH3 is 2. The minimum atomic E-state index is 0. The van der Waals surface area contributed by atoms with Crippen LogP contribution in [0.25, 0.3) is 10.2 Å². The maximum Gasteiger partial charge on any atom is 0.233 e. The summed E-state index contributed by atoms with van der Waals surface area (Å²) in [5.74, 6) is 1.25. The number of hydrogen-bond donors (Lipinski definition) is 0. The summed E-state index contributed by atoms with van der Waals surface area (Å²) in [6, 6.07) is 9.77. The topological polar surface area (TPSA) is 69.5 Å². The van der Waals surface area contributed by atoms with E-state index in [9.17, 15) is 4.79 Å². The van der Waals surface area contributed by atoms with Crippen LogP contribution in [0.3, 0.4) is 0 Å². The Bertz CT molecular complexity index is 1260. The van der Waals surface area contributed by atoms with Gasteiger partial charge in [0, 0.05) is 25.5 Å². The van der Waals surface area contributed by atoms with Crippen LogP contribution in [0.5, 0.6) is 11.5 Å². The van der Waals surface area contributed by atoms with Crippen molar-refractivity contribution < 1.29 is 14.3 Å². The minimum absolute atomic E-state index is 0. The van der Waals surface area contributed by atoms with Gasteiger partial charge in [-0.3, -0.25) is 9.69 Å². The number of ether oxygens (including phenoxy) is 2. The fourth-order valence-electron chi connectivity index (χ4n) is 3.75. The molecule has 2 aromatic carbocycles. The average Bonchev–Trinajstić information content (AvgIpc) is 3.49. The van der Waals surface area contributed by atoms with Crippen molar-refractivity contribution in [2.24, 2.45) is 0 Å². The van der Waals surface area contributed by atoms with Gasteiger partial charge in [-0.2, -0.15) is 0 Å². The maximum atomic E-state index is 13.5. The van der Waals surface area contributed by atoms with Gasteiger partial charge in [0.05, 0.1) is 37.2 Å². The largest absolute Gasteiger partial charge is 0.493 e. The van der Waals surface area contributed by atoms with Crippen molar-refractivity contribution in [3.63, 3.8) is 0 Å². The first kappa shape index (κ1) is 25.5. The minimum Gasteiger partial charge on any atom is -0.493 e. The lowest BCUT2D eigenvalue weighted by atomic mass is 10.1. The number of aryl methyl sites for hydroxylation is 3. The number of benzene rings is 2. The van der Waals surface area contributed by atoms with Gasteiger partial charge in [0.2, 0.25) is 5.91 Å². The zero-order valence-electron chi connectivity index (χ0n) is 19.8. The second-order valence-corrected chi connectivity index (χ2v) is 8.93. The van der Waals surface area contributed by atoms with E-state index in [0.717, 1.165) is 39.4 Å². The molecule has 0 unspecified atom stereocenters. The number of fused-ring (bicyclic) bond motifs is 1. The molecule has 0 aliphatic rings. The number of imidazole rings is 1. The molecule has 2 heterocycles. The molecule has 0 N–H and O–H groups in total. The van der Waals surface area contributed by atoms with Gasteiger partial charge in [0.15, 0.2) is 16.6 Å². The molecule has 0 aliphatic carbocycles. The van der Waals surface area contributed by atoms with Crippen LogP contribution in [-0.2, 0) is 17.8 Å². The van der Waals surface area contributed by atoms with E-state index in [1.54, 1.807) is 38.1 Å². The Morgan fingerprint density at radius 2 is 1.91 bits per heavy atom. The van der Waals surface area contributed by atoms with Crippen molar-refractivity contribution >= 4 is 45.0 Å². The first-order chi connectivity index (χ1) is 16.0. The Balaban J connectivity index is 0.00000324. The summed E-state index contributed by atoms with van der Waals surface area (Å²) in [6.45, 7) is 5.51. The van der Waals surface area contributed by atoms with Crippen molar-refractivity contribution in [1.82, 2.24) is 14.5 Å². The van der Waals surface area contributed by atoms with Gasteiger partial charge in [-0.1, -0.05) is 23.5 Å². The molecule has 9 heteroatoms. The Morgan fingerprint density at radius 1 is 1.12 bits per heavy atom. The number of carbonyl (C=O) groups excluding carboxylic acids is 1. The second-order valence-electron chi connectivity index (χ2n) is 7.92. The average molecular weight is 501 g/mol. The number of anilines is 1. The molecule has 0 saturated heterocycles. The zero-order chi connectivity index (χ0) is 23.4. The fourth-order valence-corrected chi connectivity index (χ4v) is 4.82. The van der Waals surface area contributed by atoms with Crippen molar-refractivity contribution in [1.29, 1.82) is 0 Å². The predicted octanol–water partition coefficient (Wildman–Crippen LogP) is 5.21. The number of thiazole rings is 1. The van der Waals surface area contributed by atoms with Crippen LogP contribution in [0.15, 0.2) is 49.1 Å². The molecule has 1 amide bonds. The van der Waals surface area contributed by atoms with E-state index in [-0.39, 0.29) is 24.7 Å². The molecule has 0 aliphatic heterocycles. The fraction of sp³-hybridized carbons (Fsp3) is 0.320. The summed E-state index contributed by atoms with van der Waals surface area (Å²) in [5.41, 5.74) is 4.18. The summed E-state index contributed by atoms with van der Waals surface area (Å²) in [4.78, 5) is 24.3. The Kier molecular flexibility index (Phi) is 8.52. The van der Waals surface area contributed by atoms with E-state index >= 15 is 0 Å². The smallest absolute Gasteiger partial charge is 0.233 e. The summed E-state index contributed by atoms with van der Waals surface area (Å²) < 4.78 is 13.8. The Morgan fingerprint density at radius 3 is 2.62 bits per heavy atom. The summed E-state index contributed by atoms with van der Waals surface area (Å²) >= 11 is 1.56. The molecule has 0 saturated carbocycles. The third-order valence-corrected chi connectivity index (χ3v) is 6.81. The lowest BCUT2D eigenvalue weighted by Crippen LogP contribution is -2.33. The molecule has 0 bridgehead atoms. The molecule has 0 atom stereocenters. The quantitative estimate of drug-likeness (QED) is 0.315. The predicted molar refractivity (Wildman–Crippen MR) is 139 cm³/mol. The van der Waals surface area contributed by atoms with Crippen LogP contribution in [0.2, 0.25) is 0 Å². The molecule has 4 rings (SSSR count). The molecule has 34 heavy (non-hydrogen) atoms. The number of aromatic nitrogens is 3. The van der Waals surface area contributed by atoms with E-state index in [1.807, 2.05) is 33.9 Å². The summed E-state index contributed by atoms with van der Waals surface area (Å²) in [7, 11) is 3.19. The highest BCUT2D eigenvalue weighted by atomic mass is 35.5. The molecule has 7 nitrogen and oxygen atoms in total. The third-order valence-electron chi connectivity index (χ3n) is 5.77. The molecular formula is C25H29ClN4O3S. The summed E-state index contributed by atoms with van der Waals surface area (Å²) in [6.07, 6.45) is 6.53. The van der Waals surface area contributed by atoms with Gasteiger partial charge in [0.1, 0.15) is 0 Å². The van der Waals surface area contributed by atoms with Crippen LogP contribution < -0.4 is 14.4 Å². The van der Waals surface area contributed by atoms with E-state index in [1.165, 1.54) is 5.56 Å². The monoisotopic (exact) mass is 500 g/mol. The third kappa shape index (κ3) is 5.51. The second kappa shape index (κ2) is 11.4. The number of carbonyl (C=O) groups is 1. The van der Waals surface area contributed by atoms with Gasteiger partial charge in [-0.15, -0.1) is 12.4 Å². The van der Waals surface area contributed by atoms with Crippen molar-refractivity contribution in [3.05, 3.63) is 65.7 Å². The summed E-state index contributed by atoms with van der Waals surface area (Å²) in [5, 5.41) is 0.731. The lowest BCUT2D eigenvalue weighted by molar-refractivity contribution is -0.118. The molecule has 0 fully saturated rings. The molecular weight excluding hydrogens is 472 g/mol. The van der Waals surface area contributed by atoms with Crippen molar-refractivity contribution in [2.75, 3.05) is 25.7 Å². The van der Waals surface area contributed by atoms with Gasteiger partial charge < -0.3 is 14.0 Å². The van der Waals surface area contributed by atoms with Gasteiger partial charge in [0.25, 0.3) is 0 Å². The van der Waals surface area contributed by atoms with E-state index in [2.05, 4.69) is 31.0 Å². The van der Waals surface area contributed by atoms with Crippen molar-refractivity contribution in [2.45, 2.75) is 33.2 Å². The molecule has 0 spiro atoms. The molecule has 0 radical (unpaired) electrons. The van der Waals surface area contributed by atoms with Crippen LogP contribution >= 0.6 is 23.7 Å². The van der Waals surface area contributed by atoms with Crippen LogP contribution in [0, 0.1) is 13.8 Å². The normalized spacial score (nSPS) is 10.7. The molecule has 4 aromatic rings. The van der Waals surface area contributed by atoms with Gasteiger partial charge in [-0.05, 0) is 55.2 Å². The Hall–Kier alpha value is -3.10. The first-order valence-corrected chi connectivity index (χ1v) is 11.7. The highest BCUT2D eigenvalue weighted by Crippen LogP contribution is 2.33. The van der Waals surface area contributed by atoms with Crippen LogP contribution in [0.4, 0.5) is 5.13 Å². The number of halogens is 1. The van der Waals surface area contributed by atoms with Crippen molar-refractivity contribution in [3.8, 4) is 11.5 Å². The number of amides is 1. The molecule has 180 valence electrons.